The maximum Gasteiger partial charge on any atom is 0.207 e. The average molecular weight is 292 g/mol. The van der Waals surface area contributed by atoms with E-state index < -0.39 is 9.84 Å². The second-order valence-corrected chi connectivity index (χ2v) is 6.72. The normalized spacial score (nSPS) is 11.6. The molecule has 5 heteroatoms. The first kappa shape index (κ1) is 14.4. The number of aromatic hydroxyl groups is 2. The molecule has 4 nitrogen and oxygen atoms in total. The van der Waals surface area contributed by atoms with Crippen molar-refractivity contribution in [2.24, 2.45) is 0 Å². The van der Waals surface area contributed by atoms with E-state index in [1.54, 1.807) is 26.8 Å². The van der Waals surface area contributed by atoms with E-state index >= 15 is 0 Å². The fraction of sp³-hybridized carbons (Fsp3) is 0.200. The predicted octanol–water partition coefficient (Wildman–Crippen LogP) is 2.86. The fourth-order valence-corrected chi connectivity index (χ4v) is 4.29. The highest BCUT2D eigenvalue weighted by Crippen LogP contribution is 2.32. The minimum Gasteiger partial charge on any atom is -0.508 e. The number of rotatable bonds is 2. The molecule has 106 valence electrons. The zero-order chi connectivity index (χ0) is 15.1. The Hall–Kier alpha value is -2.01. The molecule has 2 aromatic rings. The molecular weight excluding hydrogens is 276 g/mol. The van der Waals surface area contributed by atoms with E-state index in [1.165, 1.54) is 24.3 Å². The van der Waals surface area contributed by atoms with Crippen LogP contribution in [0.3, 0.4) is 0 Å². The van der Waals surface area contributed by atoms with Gasteiger partial charge in [0, 0.05) is 0 Å². The van der Waals surface area contributed by atoms with E-state index in [0.717, 1.165) is 0 Å². The summed E-state index contributed by atoms with van der Waals surface area (Å²) in [5.41, 5.74) is 1.52. The van der Waals surface area contributed by atoms with Crippen molar-refractivity contribution in [3.8, 4) is 11.5 Å². The van der Waals surface area contributed by atoms with Gasteiger partial charge in [0.2, 0.25) is 9.84 Å². The van der Waals surface area contributed by atoms with Crippen LogP contribution in [0, 0.1) is 20.8 Å². The van der Waals surface area contributed by atoms with Crippen molar-refractivity contribution < 1.29 is 18.6 Å². The van der Waals surface area contributed by atoms with Crippen molar-refractivity contribution in [3.05, 3.63) is 47.0 Å². The minimum absolute atomic E-state index is 0.0339. The molecule has 0 amide bonds. The Kier molecular flexibility index (Phi) is 3.48. The molecule has 0 fully saturated rings. The standard InChI is InChI=1S/C15H16O4S/c1-9-4-5-12(16)8-14(9)20(18,19)15-10(2)6-13(17)7-11(15)3/h4-8,16-17H,1-3H3. The molecule has 0 bridgehead atoms. The number of phenolic OH excluding ortho intramolecular Hbond substituents is 2. The molecule has 2 rings (SSSR count). The first-order chi connectivity index (χ1) is 9.23. The van der Waals surface area contributed by atoms with E-state index in [2.05, 4.69) is 0 Å². The first-order valence-corrected chi connectivity index (χ1v) is 7.56. The molecule has 0 unspecified atom stereocenters. The lowest BCUT2D eigenvalue weighted by molar-refractivity contribution is 0.472. The van der Waals surface area contributed by atoms with E-state index in [0.29, 0.717) is 16.7 Å². The van der Waals surface area contributed by atoms with Crippen LogP contribution in [0.4, 0.5) is 0 Å². The zero-order valence-electron chi connectivity index (χ0n) is 11.5. The molecule has 0 spiro atoms. The lowest BCUT2D eigenvalue weighted by atomic mass is 10.1. The summed E-state index contributed by atoms with van der Waals surface area (Å²) in [5.74, 6) is -0.0603. The summed E-state index contributed by atoms with van der Waals surface area (Å²) in [5, 5.41) is 19.0. The van der Waals surface area contributed by atoms with Crippen molar-refractivity contribution in [1.29, 1.82) is 0 Å². The van der Waals surface area contributed by atoms with Gasteiger partial charge in [-0.1, -0.05) is 6.07 Å². The Bertz CT molecular complexity index is 753. The molecule has 0 saturated carbocycles. The molecule has 2 N–H and O–H groups in total. The maximum atomic E-state index is 12.8. The van der Waals surface area contributed by atoms with Gasteiger partial charge in [0.1, 0.15) is 11.5 Å². The third-order valence-electron chi connectivity index (χ3n) is 3.18. The van der Waals surface area contributed by atoms with E-state index in [-0.39, 0.29) is 21.3 Å². The fourth-order valence-electron chi connectivity index (χ4n) is 2.34. The van der Waals surface area contributed by atoms with Crippen molar-refractivity contribution in [3.63, 3.8) is 0 Å². The number of aryl methyl sites for hydroxylation is 3. The van der Waals surface area contributed by atoms with E-state index in [4.69, 9.17) is 0 Å². The van der Waals surface area contributed by atoms with Crippen LogP contribution in [0.5, 0.6) is 11.5 Å². The molecule has 0 aliphatic heterocycles. The average Bonchev–Trinajstić information content (AvgIpc) is 2.30. The zero-order valence-corrected chi connectivity index (χ0v) is 12.3. The molecule has 0 atom stereocenters. The monoisotopic (exact) mass is 292 g/mol. The van der Waals surface area contributed by atoms with Gasteiger partial charge < -0.3 is 10.2 Å². The second kappa shape index (κ2) is 4.83. The van der Waals surface area contributed by atoms with Gasteiger partial charge in [0.25, 0.3) is 0 Å². The minimum atomic E-state index is -3.74. The largest absolute Gasteiger partial charge is 0.508 e. The summed E-state index contributed by atoms with van der Waals surface area (Å²) in [4.78, 5) is 0.249. The molecule has 0 heterocycles. The Morgan fingerprint density at radius 2 is 1.35 bits per heavy atom. The lowest BCUT2D eigenvalue weighted by Gasteiger charge is -2.13. The second-order valence-electron chi connectivity index (χ2n) is 4.86. The summed E-state index contributed by atoms with van der Waals surface area (Å²) in [6.07, 6.45) is 0. The van der Waals surface area contributed by atoms with Gasteiger partial charge in [-0.15, -0.1) is 0 Å². The predicted molar refractivity (Wildman–Crippen MR) is 75.9 cm³/mol. The number of sulfone groups is 1. The Labute approximate surface area is 118 Å². The highest BCUT2D eigenvalue weighted by molar-refractivity contribution is 7.91. The van der Waals surface area contributed by atoms with Gasteiger partial charge in [-0.2, -0.15) is 0 Å². The van der Waals surface area contributed by atoms with Gasteiger partial charge in [-0.3, -0.25) is 0 Å². The molecule has 2 aromatic carbocycles. The van der Waals surface area contributed by atoms with Gasteiger partial charge in [0.05, 0.1) is 9.79 Å². The molecule has 20 heavy (non-hydrogen) atoms. The third-order valence-corrected chi connectivity index (χ3v) is 5.38. The van der Waals surface area contributed by atoms with Crippen molar-refractivity contribution >= 4 is 9.84 Å². The van der Waals surface area contributed by atoms with Gasteiger partial charge in [0.15, 0.2) is 0 Å². The summed E-state index contributed by atoms with van der Waals surface area (Å²) in [7, 11) is -3.74. The van der Waals surface area contributed by atoms with Crippen LogP contribution < -0.4 is 0 Å². The molecular formula is C15H16O4S. The molecule has 0 aliphatic rings. The van der Waals surface area contributed by atoms with Crippen molar-refractivity contribution in [2.45, 2.75) is 30.6 Å². The van der Waals surface area contributed by atoms with Crippen molar-refractivity contribution in [1.82, 2.24) is 0 Å². The SMILES string of the molecule is Cc1ccc(O)cc1S(=O)(=O)c1c(C)cc(O)cc1C. The molecule has 0 radical (unpaired) electrons. The summed E-state index contributed by atoms with van der Waals surface area (Å²) in [6.45, 7) is 4.95. The smallest absolute Gasteiger partial charge is 0.207 e. The number of benzene rings is 2. The number of hydrogen-bond donors (Lipinski definition) is 2. The highest BCUT2D eigenvalue weighted by Gasteiger charge is 2.24. The van der Waals surface area contributed by atoms with Crippen LogP contribution in [0.25, 0.3) is 0 Å². The topological polar surface area (TPSA) is 74.6 Å². The third kappa shape index (κ3) is 2.36. The first-order valence-electron chi connectivity index (χ1n) is 6.08. The van der Waals surface area contributed by atoms with Gasteiger partial charge in [-0.25, -0.2) is 8.42 Å². The quantitative estimate of drug-likeness (QED) is 0.892. The summed E-state index contributed by atoms with van der Waals surface area (Å²) in [6, 6.07) is 7.09. The Morgan fingerprint density at radius 1 is 0.800 bits per heavy atom. The summed E-state index contributed by atoms with van der Waals surface area (Å²) < 4.78 is 25.5. The highest BCUT2D eigenvalue weighted by atomic mass is 32.2. The van der Waals surface area contributed by atoms with Crippen LogP contribution >= 0.6 is 0 Å². The molecule has 0 aromatic heterocycles. The van der Waals surface area contributed by atoms with E-state index in [1.807, 2.05) is 0 Å². The number of hydrogen-bond acceptors (Lipinski definition) is 4. The molecule has 0 saturated heterocycles. The van der Waals surface area contributed by atoms with Gasteiger partial charge >= 0.3 is 0 Å². The maximum absolute atomic E-state index is 12.8. The van der Waals surface area contributed by atoms with Gasteiger partial charge in [-0.05, 0) is 61.7 Å². The summed E-state index contributed by atoms with van der Waals surface area (Å²) >= 11 is 0. The lowest BCUT2D eigenvalue weighted by Crippen LogP contribution is -2.08. The van der Waals surface area contributed by atoms with Crippen LogP contribution in [0.1, 0.15) is 16.7 Å². The van der Waals surface area contributed by atoms with Crippen molar-refractivity contribution in [2.75, 3.05) is 0 Å². The Morgan fingerprint density at radius 3 is 1.90 bits per heavy atom. The van der Waals surface area contributed by atoms with Crippen LogP contribution in [-0.4, -0.2) is 18.6 Å². The van der Waals surface area contributed by atoms with Crippen LogP contribution in [0.2, 0.25) is 0 Å². The van der Waals surface area contributed by atoms with Crippen LogP contribution in [0.15, 0.2) is 40.1 Å². The van der Waals surface area contributed by atoms with E-state index in [9.17, 15) is 18.6 Å². The van der Waals surface area contributed by atoms with Crippen LogP contribution in [-0.2, 0) is 9.84 Å². The molecule has 0 aliphatic carbocycles. The Balaban J connectivity index is 2.77. The number of phenols is 2.